The van der Waals surface area contributed by atoms with Crippen molar-refractivity contribution in [2.75, 3.05) is 33.7 Å². The maximum atomic E-state index is 14.0. The SMILES string of the molecule is C=CCNC(=NCC(c1c(F)cccc1F)N(C)C)NCC. The Hall–Kier alpha value is -1.95. The molecule has 0 aliphatic carbocycles. The zero-order valence-electron chi connectivity index (χ0n) is 13.4. The average molecular weight is 310 g/mol. The molecule has 1 aromatic carbocycles. The number of hydrogen-bond donors (Lipinski definition) is 2. The summed E-state index contributed by atoms with van der Waals surface area (Å²) in [4.78, 5) is 6.15. The van der Waals surface area contributed by atoms with E-state index in [2.05, 4.69) is 22.2 Å². The van der Waals surface area contributed by atoms with Gasteiger partial charge in [-0.3, -0.25) is 4.99 Å². The van der Waals surface area contributed by atoms with Crippen LogP contribution in [0.15, 0.2) is 35.8 Å². The van der Waals surface area contributed by atoms with E-state index in [4.69, 9.17) is 0 Å². The Morgan fingerprint density at radius 2 is 1.95 bits per heavy atom. The number of hydrogen-bond acceptors (Lipinski definition) is 2. The summed E-state index contributed by atoms with van der Waals surface area (Å²) >= 11 is 0. The van der Waals surface area contributed by atoms with Gasteiger partial charge < -0.3 is 15.5 Å². The Morgan fingerprint density at radius 1 is 1.32 bits per heavy atom. The summed E-state index contributed by atoms with van der Waals surface area (Å²) in [5, 5.41) is 6.14. The lowest BCUT2D eigenvalue weighted by Crippen LogP contribution is -2.38. The van der Waals surface area contributed by atoms with Crippen LogP contribution in [0.1, 0.15) is 18.5 Å². The number of nitrogens with one attached hydrogen (secondary N) is 2. The molecule has 1 rings (SSSR count). The van der Waals surface area contributed by atoms with Crippen LogP contribution in [-0.4, -0.2) is 44.6 Å². The first kappa shape index (κ1) is 18.1. The van der Waals surface area contributed by atoms with Crippen molar-refractivity contribution in [1.29, 1.82) is 0 Å². The fraction of sp³-hybridized carbons (Fsp3) is 0.438. The van der Waals surface area contributed by atoms with Crippen LogP contribution < -0.4 is 10.6 Å². The summed E-state index contributed by atoms with van der Waals surface area (Å²) in [5.74, 6) is -0.526. The molecule has 2 N–H and O–H groups in total. The smallest absolute Gasteiger partial charge is 0.191 e. The van der Waals surface area contributed by atoms with Gasteiger partial charge in [-0.15, -0.1) is 6.58 Å². The summed E-state index contributed by atoms with van der Waals surface area (Å²) in [6, 6.07) is 3.40. The summed E-state index contributed by atoms with van der Waals surface area (Å²) < 4.78 is 28.0. The molecule has 122 valence electrons. The number of halogens is 2. The van der Waals surface area contributed by atoms with Gasteiger partial charge in [0.1, 0.15) is 11.6 Å². The number of likely N-dealkylation sites (N-methyl/N-ethyl adjacent to an activating group) is 1. The minimum absolute atomic E-state index is 0.0378. The molecule has 22 heavy (non-hydrogen) atoms. The predicted octanol–water partition coefficient (Wildman–Crippen LogP) is 2.31. The number of guanidine groups is 1. The lowest BCUT2D eigenvalue weighted by atomic mass is 10.0. The van der Waals surface area contributed by atoms with E-state index >= 15 is 0 Å². The Morgan fingerprint density at radius 3 is 2.45 bits per heavy atom. The van der Waals surface area contributed by atoms with Crippen molar-refractivity contribution < 1.29 is 8.78 Å². The molecule has 4 nitrogen and oxygen atoms in total. The van der Waals surface area contributed by atoms with E-state index in [-0.39, 0.29) is 12.1 Å². The van der Waals surface area contributed by atoms with Gasteiger partial charge in [0, 0.05) is 18.7 Å². The van der Waals surface area contributed by atoms with Gasteiger partial charge in [0.2, 0.25) is 0 Å². The van der Waals surface area contributed by atoms with Gasteiger partial charge in [0.05, 0.1) is 12.6 Å². The van der Waals surface area contributed by atoms with E-state index in [1.807, 2.05) is 6.92 Å². The van der Waals surface area contributed by atoms with Crippen LogP contribution in [0.4, 0.5) is 8.78 Å². The predicted molar refractivity (Wildman–Crippen MR) is 87.0 cm³/mol. The first-order chi connectivity index (χ1) is 10.5. The lowest BCUT2D eigenvalue weighted by molar-refractivity contribution is 0.290. The molecule has 0 spiro atoms. The van der Waals surface area contributed by atoms with Crippen LogP contribution in [0.5, 0.6) is 0 Å². The van der Waals surface area contributed by atoms with E-state index in [0.717, 1.165) is 0 Å². The van der Waals surface area contributed by atoms with Gasteiger partial charge in [-0.2, -0.15) is 0 Å². The average Bonchev–Trinajstić information content (AvgIpc) is 2.47. The second kappa shape index (κ2) is 9.15. The molecule has 0 aliphatic rings. The summed E-state index contributed by atoms with van der Waals surface area (Å²) in [6.07, 6.45) is 1.72. The van der Waals surface area contributed by atoms with Gasteiger partial charge in [-0.05, 0) is 33.2 Å². The second-order valence-electron chi connectivity index (χ2n) is 5.00. The van der Waals surface area contributed by atoms with Crippen molar-refractivity contribution in [3.8, 4) is 0 Å². The Balaban J connectivity index is 2.98. The number of nitrogens with zero attached hydrogens (tertiary/aromatic N) is 2. The lowest BCUT2D eigenvalue weighted by Gasteiger charge is -2.24. The van der Waals surface area contributed by atoms with E-state index in [1.165, 1.54) is 18.2 Å². The number of rotatable bonds is 7. The minimum atomic E-state index is -0.557. The monoisotopic (exact) mass is 310 g/mol. The van der Waals surface area contributed by atoms with E-state index in [9.17, 15) is 8.78 Å². The van der Waals surface area contributed by atoms with Crippen LogP contribution in [0.2, 0.25) is 0 Å². The summed E-state index contributed by atoms with van der Waals surface area (Å²) in [6.45, 7) is 7.08. The van der Waals surface area contributed by atoms with Gasteiger partial charge in [0.25, 0.3) is 0 Å². The first-order valence-electron chi connectivity index (χ1n) is 7.24. The van der Waals surface area contributed by atoms with E-state index < -0.39 is 17.7 Å². The molecule has 0 aliphatic heterocycles. The Labute approximate surface area is 130 Å². The zero-order valence-corrected chi connectivity index (χ0v) is 13.4. The zero-order chi connectivity index (χ0) is 16.5. The maximum absolute atomic E-state index is 14.0. The van der Waals surface area contributed by atoms with Crippen molar-refractivity contribution in [3.05, 3.63) is 48.1 Å². The highest BCUT2D eigenvalue weighted by atomic mass is 19.1. The molecular weight excluding hydrogens is 286 g/mol. The third kappa shape index (κ3) is 5.11. The van der Waals surface area contributed by atoms with Crippen LogP contribution >= 0.6 is 0 Å². The first-order valence-corrected chi connectivity index (χ1v) is 7.24. The normalized spacial score (nSPS) is 13.1. The molecule has 6 heteroatoms. The van der Waals surface area contributed by atoms with Crippen molar-refractivity contribution in [3.63, 3.8) is 0 Å². The Bertz CT molecular complexity index is 495. The standard InChI is InChI=1S/C16H24F2N4/c1-5-10-20-16(19-6-2)21-11-14(22(3)4)15-12(17)8-7-9-13(15)18/h5,7-9,14H,1,6,10-11H2,2-4H3,(H2,19,20,21). The van der Waals surface area contributed by atoms with Crippen molar-refractivity contribution in [2.24, 2.45) is 4.99 Å². The van der Waals surface area contributed by atoms with Crippen molar-refractivity contribution in [2.45, 2.75) is 13.0 Å². The Kier molecular flexibility index (Phi) is 7.52. The van der Waals surface area contributed by atoms with Gasteiger partial charge in [-0.1, -0.05) is 12.1 Å². The van der Waals surface area contributed by atoms with Crippen molar-refractivity contribution >= 4 is 5.96 Å². The molecule has 0 amide bonds. The number of aliphatic imine (C=N–C) groups is 1. The molecule has 0 saturated carbocycles. The largest absolute Gasteiger partial charge is 0.357 e. The van der Waals surface area contributed by atoms with Crippen LogP contribution in [0.25, 0.3) is 0 Å². The van der Waals surface area contributed by atoms with Crippen LogP contribution in [0.3, 0.4) is 0 Å². The molecule has 1 aromatic rings. The highest BCUT2D eigenvalue weighted by molar-refractivity contribution is 5.79. The molecule has 1 atom stereocenters. The van der Waals surface area contributed by atoms with E-state index in [0.29, 0.717) is 19.0 Å². The molecule has 0 radical (unpaired) electrons. The van der Waals surface area contributed by atoms with E-state index in [1.54, 1.807) is 25.1 Å². The molecule has 0 heterocycles. The minimum Gasteiger partial charge on any atom is -0.357 e. The fourth-order valence-corrected chi connectivity index (χ4v) is 2.03. The summed E-state index contributed by atoms with van der Waals surface area (Å²) in [7, 11) is 3.55. The highest BCUT2D eigenvalue weighted by Gasteiger charge is 2.22. The van der Waals surface area contributed by atoms with Gasteiger partial charge in [0.15, 0.2) is 5.96 Å². The molecule has 0 bridgehead atoms. The molecular formula is C16H24F2N4. The van der Waals surface area contributed by atoms with Crippen LogP contribution in [0, 0.1) is 11.6 Å². The molecule has 0 fully saturated rings. The topological polar surface area (TPSA) is 39.7 Å². The number of benzene rings is 1. The van der Waals surface area contributed by atoms with Gasteiger partial charge in [-0.25, -0.2) is 8.78 Å². The summed E-state index contributed by atoms with van der Waals surface area (Å²) in [5.41, 5.74) is 0.0378. The fourth-order valence-electron chi connectivity index (χ4n) is 2.03. The molecule has 0 saturated heterocycles. The molecule has 1 unspecified atom stereocenters. The third-order valence-electron chi connectivity index (χ3n) is 3.14. The van der Waals surface area contributed by atoms with Crippen molar-refractivity contribution in [1.82, 2.24) is 15.5 Å². The highest BCUT2D eigenvalue weighted by Crippen LogP contribution is 2.24. The molecule has 0 aromatic heterocycles. The maximum Gasteiger partial charge on any atom is 0.191 e. The van der Waals surface area contributed by atoms with Crippen LogP contribution in [-0.2, 0) is 0 Å². The quantitative estimate of drug-likeness (QED) is 0.461. The second-order valence-corrected chi connectivity index (χ2v) is 5.00. The third-order valence-corrected chi connectivity index (χ3v) is 3.14. The van der Waals surface area contributed by atoms with Gasteiger partial charge >= 0.3 is 0 Å².